The fourth-order valence-electron chi connectivity index (χ4n) is 3.59. The van der Waals surface area contributed by atoms with E-state index in [2.05, 4.69) is 48.3 Å². The maximum atomic E-state index is 12.6. The lowest BCUT2D eigenvalue weighted by Crippen LogP contribution is -2.32. The number of hydrogen-bond donors (Lipinski definition) is 1. The summed E-state index contributed by atoms with van der Waals surface area (Å²) in [4.78, 5) is 15.1. The van der Waals surface area contributed by atoms with Gasteiger partial charge in [-0.3, -0.25) is 9.69 Å². The molecule has 1 aliphatic heterocycles. The number of amides is 1. The number of benzene rings is 2. The van der Waals surface area contributed by atoms with Gasteiger partial charge >= 0.3 is 0 Å². The zero-order chi connectivity index (χ0) is 18.4. The topological polar surface area (TPSA) is 32.3 Å². The summed E-state index contributed by atoms with van der Waals surface area (Å²) in [5.74, 6) is 0.854. The number of nitrogens with one attached hydrogen (secondary N) is 1. The summed E-state index contributed by atoms with van der Waals surface area (Å²) in [7, 11) is 0. The second-order valence-electron chi connectivity index (χ2n) is 7.50. The van der Waals surface area contributed by atoms with Gasteiger partial charge < -0.3 is 5.32 Å². The van der Waals surface area contributed by atoms with Gasteiger partial charge in [0.1, 0.15) is 0 Å². The van der Waals surface area contributed by atoms with Crippen LogP contribution in [0.2, 0.25) is 0 Å². The van der Waals surface area contributed by atoms with Gasteiger partial charge in [-0.05, 0) is 61.5 Å². The van der Waals surface area contributed by atoms with Gasteiger partial charge in [0.25, 0.3) is 5.91 Å². The Morgan fingerprint density at radius 1 is 1.08 bits per heavy atom. The van der Waals surface area contributed by atoms with Gasteiger partial charge in [0.2, 0.25) is 0 Å². The summed E-state index contributed by atoms with van der Waals surface area (Å²) in [6.45, 7) is 7.78. The van der Waals surface area contributed by atoms with Crippen molar-refractivity contribution < 1.29 is 4.79 Å². The number of carbonyl (C=O) groups excluding carboxylic acids is 1. The van der Waals surface area contributed by atoms with E-state index in [0.717, 1.165) is 30.0 Å². The minimum Gasteiger partial charge on any atom is -0.345 e. The van der Waals surface area contributed by atoms with Crippen molar-refractivity contribution in [2.75, 3.05) is 13.1 Å². The molecule has 0 radical (unpaired) electrons. The fraction of sp³-hybridized carbons (Fsp3) is 0.435. The van der Waals surface area contributed by atoms with Gasteiger partial charge in [-0.2, -0.15) is 0 Å². The highest BCUT2D eigenvalue weighted by Crippen LogP contribution is 2.19. The van der Waals surface area contributed by atoms with Crippen molar-refractivity contribution >= 4 is 5.91 Å². The molecule has 0 aliphatic carbocycles. The first-order valence-electron chi connectivity index (χ1n) is 9.82. The van der Waals surface area contributed by atoms with Crippen LogP contribution in [0.5, 0.6) is 0 Å². The molecule has 3 rings (SSSR count). The quantitative estimate of drug-likeness (QED) is 0.811. The van der Waals surface area contributed by atoms with E-state index in [4.69, 9.17) is 0 Å². The Bertz CT molecular complexity index is 688. The number of likely N-dealkylation sites (tertiary alicyclic amines) is 1. The van der Waals surface area contributed by atoms with Gasteiger partial charge in [-0.25, -0.2) is 0 Å². The first kappa shape index (κ1) is 18.7. The first-order chi connectivity index (χ1) is 12.7. The molecule has 1 fully saturated rings. The van der Waals surface area contributed by atoms with Crippen LogP contribution < -0.4 is 5.32 Å². The molecule has 1 saturated heterocycles. The van der Waals surface area contributed by atoms with Crippen molar-refractivity contribution in [3.05, 3.63) is 71.3 Å². The van der Waals surface area contributed by atoms with Crippen LogP contribution >= 0.6 is 0 Å². The maximum Gasteiger partial charge on any atom is 0.251 e. The fourth-order valence-corrected chi connectivity index (χ4v) is 3.59. The molecule has 138 valence electrons. The average molecular weight is 351 g/mol. The van der Waals surface area contributed by atoms with Crippen molar-refractivity contribution in [1.82, 2.24) is 10.2 Å². The van der Waals surface area contributed by atoms with E-state index >= 15 is 0 Å². The van der Waals surface area contributed by atoms with Crippen LogP contribution in [0.3, 0.4) is 0 Å². The van der Waals surface area contributed by atoms with Gasteiger partial charge in [0, 0.05) is 12.1 Å². The zero-order valence-electron chi connectivity index (χ0n) is 15.9. The lowest BCUT2D eigenvalue weighted by molar-refractivity contribution is 0.0935. The van der Waals surface area contributed by atoms with Crippen molar-refractivity contribution in [3.8, 4) is 0 Å². The van der Waals surface area contributed by atoms with Crippen LogP contribution in [-0.2, 0) is 6.54 Å². The normalized spacial score (nSPS) is 17.0. The number of piperidine rings is 1. The lowest BCUT2D eigenvalue weighted by atomic mass is 9.98. The molecular weight excluding hydrogens is 320 g/mol. The Hall–Kier alpha value is -2.13. The summed E-state index contributed by atoms with van der Waals surface area (Å²) in [6, 6.07) is 18.3. The summed E-state index contributed by atoms with van der Waals surface area (Å²) in [5, 5.41) is 3.16. The predicted molar refractivity (Wildman–Crippen MR) is 107 cm³/mol. The van der Waals surface area contributed by atoms with Crippen molar-refractivity contribution in [3.63, 3.8) is 0 Å². The Kier molecular flexibility index (Phi) is 6.45. The second kappa shape index (κ2) is 9.00. The van der Waals surface area contributed by atoms with Crippen LogP contribution in [0, 0.1) is 5.92 Å². The smallest absolute Gasteiger partial charge is 0.251 e. The van der Waals surface area contributed by atoms with Crippen molar-refractivity contribution in [2.45, 2.75) is 45.7 Å². The number of hydrogen-bond acceptors (Lipinski definition) is 2. The molecule has 3 nitrogen and oxygen atoms in total. The molecule has 0 bridgehead atoms. The summed E-state index contributed by atoms with van der Waals surface area (Å²) >= 11 is 0. The number of rotatable bonds is 6. The molecular formula is C23H30N2O. The van der Waals surface area contributed by atoms with E-state index in [1.807, 2.05) is 30.3 Å². The molecule has 0 aromatic heterocycles. The van der Waals surface area contributed by atoms with E-state index in [0.29, 0.717) is 0 Å². The molecule has 2 aromatic carbocycles. The van der Waals surface area contributed by atoms with Crippen LogP contribution in [0.1, 0.15) is 60.6 Å². The summed E-state index contributed by atoms with van der Waals surface area (Å²) in [6.07, 6.45) is 3.46. The molecule has 1 unspecified atom stereocenters. The van der Waals surface area contributed by atoms with Crippen LogP contribution in [0.4, 0.5) is 0 Å². The Morgan fingerprint density at radius 3 is 2.35 bits per heavy atom. The van der Waals surface area contributed by atoms with Gasteiger partial charge in [-0.15, -0.1) is 0 Å². The minimum atomic E-state index is -0.000879. The predicted octanol–water partition coefficient (Wildman–Crippen LogP) is 4.80. The number of carbonyl (C=O) groups is 1. The Balaban J connectivity index is 1.58. The van der Waals surface area contributed by atoms with E-state index in [9.17, 15) is 4.79 Å². The molecule has 1 heterocycles. The molecule has 0 spiro atoms. The highest BCUT2D eigenvalue weighted by atomic mass is 16.1. The highest BCUT2D eigenvalue weighted by Gasteiger charge is 2.16. The van der Waals surface area contributed by atoms with Gasteiger partial charge in [0.15, 0.2) is 0 Å². The van der Waals surface area contributed by atoms with Crippen LogP contribution in [0.15, 0.2) is 54.6 Å². The third-order valence-electron chi connectivity index (χ3n) is 5.41. The van der Waals surface area contributed by atoms with E-state index in [1.54, 1.807) is 0 Å². The molecule has 26 heavy (non-hydrogen) atoms. The van der Waals surface area contributed by atoms with E-state index in [1.165, 1.54) is 31.5 Å². The molecule has 3 heteroatoms. The van der Waals surface area contributed by atoms with Gasteiger partial charge in [-0.1, -0.05) is 56.3 Å². The average Bonchev–Trinajstić information content (AvgIpc) is 2.69. The summed E-state index contributed by atoms with van der Waals surface area (Å²) in [5.41, 5.74) is 3.17. The first-order valence-corrected chi connectivity index (χ1v) is 9.82. The molecule has 1 aliphatic rings. The lowest BCUT2D eigenvalue weighted by Gasteiger charge is -2.30. The zero-order valence-corrected chi connectivity index (χ0v) is 15.9. The highest BCUT2D eigenvalue weighted by molar-refractivity contribution is 5.94. The molecule has 0 saturated carbocycles. The van der Waals surface area contributed by atoms with Crippen LogP contribution in [-0.4, -0.2) is 23.9 Å². The van der Waals surface area contributed by atoms with E-state index < -0.39 is 0 Å². The largest absolute Gasteiger partial charge is 0.345 e. The molecule has 1 N–H and O–H groups in total. The Labute approximate surface area is 157 Å². The SMILES string of the molecule is CCC(NC(=O)c1ccc(CN2CCC(C)CC2)cc1)c1ccccc1. The Morgan fingerprint density at radius 2 is 1.73 bits per heavy atom. The third-order valence-corrected chi connectivity index (χ3v) is 5.41. The molecule has 2 aromatic rings. The van der Waals surface area contributed by atoms with E-state index in [-0.39, 0.29) is 11.9 Å². The maximum absolute atomic E-state index is 12.6. The van der Waals surface area contributed by atoms with Crippen molar-refractivity contribution in [1.29, 1.82) is 0 Å². The number of nitrogens with zero attached hydrogens (tertiary/aromatic N) is 1. The van der Waals surface area contributed by atoms with Gasteiger partial charge in [0.05, 0.1) is 6.04 Å². The monoisotopic (exact) mass is 350 g/mol. The minimum absolute atomic E-state index is 0.000879. The van der Waals surface area contributed by atoms with Crippen molar-refractivity contribution in [2.24, 2.45) is 5.92 Å². The second-order valence-corrected chi connectivity index (χ2v) is 7.50. The van der Waals surface area contributed by atoms with Crippen LogP contribution in [0.25, 0.3) is 0 Å². The third kappa shape index (κ3) is 4.95. The standard InChI is InChI=1S/C23H30N2O/c1-3-22(20-7-5-4-6-8-20)24-23(26)21-11-9-19(10-12-21)17-25-15-13-18(2)14-16-25/h4-12,18,22H,3,13-17H2,1-2H3,(H,24,26). The molecule has 1 atom stereocenters. The molecule has 1 amide bonds. The summed E-state index contributed by atoms with van der Waals surface area (Å²) < 4.78 is 0.